The highest BCUT2D eigenvalue weighted by Gasteiger charge is 2.32. The number of phenols is 1. The molecule has 0 saturated heterocycles. The standard InChI is InChI=1S/C19H16O7/c1-11(20)24-13-8-14(21)19-15(22)10-18(25-16(19)9-13)26-17(23)7-12-5-3-2-4-6-12/h2-6,8-9,18,21H,7,10H2,1H3. The van der Waals surface area contributed by atoms with Gasteiger partial charge >= 0.3 is 11.9 Å². The molecule has 2 aromatic rings. The number of aromatic hydroxyl groups is 1. The summed E-state index contributed by atoms with van der Waals surface area (Å²) in [5, 5.41) is 9.98. The third-order valence-corrected chi connectivity index (χ3v) is 3.66. The number of fused-ring (bicyclic) bond motifs is 1. The molecule has 0 aromatic heterocycles. The maximum absolute atomic E-state index is 12.3. The predicted molar refractivity (Wildman–Crippen MR) is 89.0 cm³/mol. The third-order valence-electron chi connectivity index (χ3n) is 3.66. The molecule has 0 saturated carbocycles. The molecule has 7 heteroatoms. The first-order valence-corrected chi connectivity index (χ1v) is 7.91. The van der Waals surface area contributed by atoms with Crippen molar-refractivity contribution >= 4 is 17.7 Å². The minimum atomic E-state index is -1.11. The van der Waals surface area contributed by atoms with Crippen LogP contribution in [0.5, 0.6) is 17.2 Å². The molecule has 0 radical (unpaired) electrons. The van der Waals surface area contributed by atoms with Gasteiger partial charge in [0.05, 0.1) is 12.8 Å². The highest BCUT2D eigenvalue weighted by atomic mass is 16.7. The number of esters is 2. The summed E-state index contributed by atoms with van der Waals surface area (Å²) in [5.41, 5.74) is 0.742. The molecule has 1 unspecified atom stereocenters. The van der Waals surface area contributed by atoms with Crippen LogP contribution in [-0.4, -0.2) is 29.1 Å². The molecular formula is C19H16O7. The van der Waals surface area contributed by atoms with Crippen LogP contribution in [0, 0.1) is 0 Å². The highest BCUT2D eigenvalue weighted by Crippen LogP contribution is 2.38. The number of hydrogen-bond donors (Lipinski definition) is 1. The number of carbonyl (C=O) groups is 3. The molecule has 2 aromatic carbocycles. The van der Waals surface area contributed by atoms with Crippen LogP contribution in [0.4, 0.5) is 0 Å². The zero-order valence-electron chi connectivity index (χ0n) is 13.9. The van der Waals surface area contributed by atoms with Gasteiger partial charge in [0.25, 0.3) is 6.29 Å². The predicted octanol–water partition coefficient (Wildman–Crippen LogP) is 2.39. The van der Waals surface area contributed by atoms with E-state index in [1.54, 1.807) is 24.3 Å². The van der Waals surface area contributed by atoms with Crippen LogP contribution in [0.2, 0.25) is 0 Å². The van der Waals surface area contributed by atoms with Gasteiger partial charge in [0.15, 0.2) is 5.78 Å². The smallest absolute Gasteiger partial charge is 0.313 e. The lowest BCUT2D eigenvalue weighted by atomic mass is 10.0. The average molecular weight is 356 g/mol. The quantitative estimate of drug-likeness (QED) is 0.663. The molecule has 3 rings (SSSR count). The van der Waals surface area contributed by atoms with Crippen molar-refractivity contribution in [2.24, 2.45) is 0 Å². The Morgan fingerprint density at radius 1 is 1.23 bits per heavy atom. The van der Waals surface area contributed by atoms with Crippen LogP contribution < -0.4 is 9.47 Å². The first kappa shape index (κ1) is 17.5. The number of ether oxygens (including phenoxy) is 3. The van der Waals surface area contributed by atoms with E-state index >= 15 is 0 Å². The van der Waals surface area contributed by atoms with Crippen molar-refractivity contribution in [1.29, 1.82) is 0 Å². The fraction of sp³-hybridized carbons (Fsp3) is 0.211. The van der Waals surface area contributed by atoms with Crippen LogP contribution in [0.3, 0.4) is 0 Å². The van der Waals surface area contributed by atoms with E-state index in [0.717, 1.165) is 11.6 Å². The van der Waals surface area contributed by atoms with Crippen molar-refractivity contribution in [2.75, 3.05) is 0 Å². The van der Waals surface area contributed by atoms with Gasteiger partial charge in [0.2, 0.25) is 0 Å². The molecule has 134 valence electrons. The normalized spacial score (nSPS) is 15.6. The summed E-state index contributed by atoms with van der Waals surface area (Å²) >= 11 is 0. The van der Waals surface area contributed by atoms with Crippen molar-refractivity contribution in [3.05, 3.63) is 53.6 Å². The second-order valence-electron chi connectivity index (χ2n) is 5.74. The van der Waals surface area contributed by atoms with Gasteiger partial charge in [-0.3, -0.25) is 14.4 Å². The summed E-state index contributed by atoms with van der Waals surface area (Å²) in [6.07, 6.45) is -1.28. The van der Waals surface area contributed by atoms with Gasteiger partial charge in [-0.2, -0.15) is 0 Å². The van der Waals surface area contributed by atoms with Gasteiger partial charge in [0, 0.05) is 19.1 Å². The molecule has 1 heterocycles. The Balaban J connectivity index is 1.73. The van der Waals surface area contributed by atoms with E-state index in [2.05, 4.69) is 0 Å². The van der Waals surface area contributed by atoms with E-state index in [-0.39, 0.29) is 35.7 Å². The second kappa shape index (κ2) is 7.26. The van der Waals surface area contributed by atoms with Crippen molar-refractivity contribution in [2.45, 2.75) is 26.1 Å². The van der Waals surface area contributed by atoms with Gasteiger partial charge in [-0.25, -0.2) is 0 Å². The van der Waals surface area contributed by atoms with Crippen LogP contribution in [-0.2, 0) is 20.7 Å². The monoisotopic (exact) mass is 356 g/mol. The number of phenolic OH excluding ortho intramolecular Hbond substituents is 1. The lowest BCUT2D eigenvalue weighted by Gasteiger charge is -2.25. The fourth-order valence-electron chi connectivity index (χ4n) is 2.63. The number of ketones is 1. The Morgan fingerprint density at radius 3 is 2.65 bits per heavy atom. The van der Waals surface area contributed by atoms with Crippen LogP contribution in [0.15, 0.2) is 42.5 Å². The second-order valence-corrected chi connectivity index (χ2v) is 5.74. The molecular weight excluding hydrogens is 340 g/mol. The van der Waals surface area contributed by atoms with E-state index < -0.39 is 24.0 Å². The molecule has 1 aliphatic heterocycles. The van der Waals surface area contributed by atoms with Crippen molar-refractivity contribution in [3.8, 4) is 17.2 Å². The summed E-state index contributed by atoms with van der Waals surface area (Å²) in [5.74, 6) is -1.91. The van der Waals surface area contributed by atoms with Crippen molar-refractivity contribution in [1.82, 2.24) is 0 Å². The number of Topliss-reactive ketones (excluding diaryl/α,β-unsaturated/α-hetero) is 1. The third kappa shape index (κ3) is 4.00. The first-order chi connectivity index (χ1) is 12.4. The van der Waals surface area contributed by atoms with Gasteiger partial charge in [0.1, 0.15) is 22.8 Å². The topological polar surface area (TPSA) is 99.1 Å². The van der Waals surface area contributed by atoms with Gasteiger partial charge in [-0.15, -0.1) is 0 Å². The molecule has 1 N–H and O–H groups in total. The molecule has 26 heavy (non-hydrogen) atoms. The Morgan fingerprint density at radius 2 is 1.96 bits per heavy atom. The zero-order valence-corrected chi connectivity index (χ0v) is 13.9. The Labute approximate surface area is 149 Å². The van der Waals surface area contributed by atoms with Crippen LogP contribution in [0.1, 0.15) is 29.3 Å². The molecule has 1 aliphatic rings. The van der Waals surface area contributed by atoms with E-state index in [0.29, 0.717) is 0 Å². The zero-order chi connectivity index (χ0) is 18.7. The summed E-state index contributed by atoms with van der Waals surface area (Å²) in [4.78, 5) is 35.4. The van der Waals surface area contributed by atoms with Gasteiger partial charge in [-0.1, -0.05) is 30.3 Å². The Kier molecular flexibility index (Phi) is 4.88. The minimum Gasteiger partial charge on any atom is -0.507 e. The van der Waals surface area contributed by atoms with E-state index in [1.165, 1.54) is 13.0 Å². The minimum absolute atomic E-state index is 0.00462. The largest absolute Gasteiger partial charge is 0.507 e. The molecule has 0 aliphatic carbocycles. The first-order valence-electron chi connectivity index (χ1n) is 7.91. The average Bonchev–Trinajstić information content (AvgIpc) is 2.54. The number of carbonyl (C=O) groups excluding carboxylic acids is 3. The van der Waals surface area contributed by atoms with Crippen LogP contribution in [0.25, 0.3) is 0 Å². The lowest BCUT2D eigenvalue weighted by molar-refractivity contribution is -0.162. The Hall–Kier alpha value is -3.35. The van der Waals surface area contributed by atoms with E-state index in [1.807, 2.05) is 6.07 Å². The molecule has 0 amide bonds. The summed E-state index contributed by atoms with van der Waals surface area (Å²) in [6.45, 7) is 1.21. The molecule has 0 spiro atoms. The van der Waals surface area contributed by atoms with E-state index in [9.17, 15) is 19.5 Å². The number of benzene rings is 2. The highest BCUT2D eigenvalue weighted by molar-refractivity contribution is 6.02. The SMILES string of the molecule is CC(=O)Oc1cc(O)c2c(c1)OC(OC(=O)Cc1ccccc1)CC2=O. The van der Waals surface area contributed by atoms with Gasteiger partial charge in [-0.05, 0) is 5.56 Å². The maximum atomic E-state index is 12.3. The Bertz CT molecular complexity index is 858. The fourth-order valence-corrected chi connectivity index (χ4v) is 2.63. The van der Waals surface area contributed by atoms with Crippen molar-refractivity contribution < 1.29 is 33.7 Å². The maximum Gasteiger partial charge on any atom is 0.313 e. The van der Waals surface area contributed by atoms with Crippen LogP contribution >= 0.6 is 0 Å². The summed E-state index contributed by atoms with van der Waals surface area (Å²) in [7, 11) is 0. The molecule has 1 atom stereocenters. The van der Waals surface area contributed by atoms with E-state index in [4.69, 9.17) is 14.2 Å². The van der Waals surface area contributed by atoms with Gasteiger partial charge < -0.3 is 19.3 Å². The van der Waals surface area contributed by atoms with Crippen molar-refractivity contribution in [3.63, 3.8) is 0 Å². The molecule has 7 nitrogen and oxygen atoms in total. The lowest BCUT2D eigenvalue weighted by Crippen LogP contribution is -2.32. The number of rotatable bonds is 4. The summed E-state index contributed by atoms with van der Waals surface area (Å²) in [6, 6.07) is 11.5. The number of hydrogen-bond acceptors (Lipinski definition) is 7. The molecule has 0 bridgehead atoms. The summed E-state index contributed by atoms with van der Waals surface area (Å²) < 4.78 is 15.6. The molecule has 0 fully saturated rings.